The molecule has 0 atom stereocenters. The first-order chi connectivity index (χ1) is 10.6. The highest BCUT2D eigenvalue weighted by Crippen LogP contribution is 2.10. The van der Waals surface area contributed by atoms with Gasteiger partial charge in [-0.05, 0) is 36.2 Å². The molecule has 0 unspecified atom stereocenters. The van der Waals surface area contributed by atoms with Crippen LogP contribution in [0.1, 0.15) is 12.0 Å². The summed E-state index contributed by atoms with van der Waals surface area (Å²) in [5.41, 5.74) is 8.51. The zero-order valence-corrected chi connectivity index (χ0v) is 13.0. The molecule has 4 nitrogen and oxygen atoms in total. The highest BCUT2D eigenvalue weighted by atomic mass is 16.1. The van der Waals surface area contributed by atoms with Crippen LogP contribution in [0.4, 0.5) is 11.4 Å². The van der Waals surface area contributed by atoms with Gasteiger partial charge in [-0.15, -0.1) is 0 Å². The van der Waals surface area contributed by atoms with E-state index >= 15 is 0 Å². The number of nitrogens with zero attached hydrogens (tertiary/aromatic N) is 1. The first-order valence-electron chi connectivity index (χ1n) is 7.52. The van der Waals surface area contributed by atoms with E-state index < -0.39 is 0 Å². The third-order valence-corrected chi connectivity index (χ3v) is 3.53. The minimum Gasteiger partial charge on any atom is -0.399 e. The minimum atomic E-state index is 0.0483. The van der Waals surface area contributed by atoms with E-state index in [1.54, 1.807) is 0 Å². The molecule has 3 N–H and O–H groups in total. The van der Waals surface area contributed by atoms with Crippen LogP contribution in [0.25, 0.3) is 0 Å². The topological polar surface area (TPSA) is 58.4 Å². The van der Waals surface area contributed by atoms with E-state index in [-0.39, 0.29) is 5.91 Å². The van der Waals surface area contributed by atoms with Crippen molar-refractivity contribution in [1.82, 2.24) is 5.32 Å². The normalized spacial score (nSPS) is 10.2. The van der Waals surface area contributed by atoms with E-state index in [9.17, 15) is 4.79 Å². The lowest BCUT2D eigenvalue weighted by Gasteiger charge is -2.19. The molecular formula is C18H23N3O. The molecule has 2 rings (SSSR count). The van der Waals surface area contributed by atoms with Crippen LogP contribution in [0.3, 0.4) is 0 Å². The average Bonchev–Trinajstić information content (AvgIpc) is 2.54. The van der Waals surface area contributed by atoms with E-state index in [1.165, 1.54) is 5.69 Å². The van der Waals surface area contributed by atoms with Crippen LogP contribution in [0.5, 0.6) is 0 Å². The van der Waals surface area contributed by atoms with Crippen molar-refractivity contribution in [2.45, 2.75) is 12.8 Å². The molecule has 2 aromatic rings. The summed E-state index contributed by atoms with van der Waals surface area (Å²) < 4.78 is 0. The summed E-state index contributed by atoms with van der Waals surface area (Å²) in [6, 6.07) is 17.6. The second kappa shape index (κ2) is 8.08. The lowest BCUT2D eigenvalue weighted by Crippen LogP contribution is -2.29. The molecule has 0 saturated carbocycles. The maximum absolute atomic E-state index is 11.9. The first-order valence-corrected chi connectivity index (χ1v) is 7.52. The Morgan fingerprint density at radius 1 is 1.09 bits per heavy atom. The molecule has 2 aromatic carbocycles. The van der Waals surface area contributed by atoms with Crippen molar-refractivity contribution < 1.29 is 4.79 Å². The van der Waals surface area contributed by atoms with Crippen molar-refractivity contribution in [1.29, 1.82) is 0 Å². The Balaban J connectivity index is 1.66. The number of nitrogen functional groups attached to an aromatic ring is 1. The highest BCUT2D eigenvalue weighted by molar-refractivity contribution is 5.78. The van der Waals surface area contributed by atoms with E-state index in [4.69, 9.17) is 5.73 Å². The quantitative estimate of drug-likeness (QED) is 0.609. The number of amides is 1. The van der Waals surface area contributed by atoms with Gasteiger partial charge in [0.05, 0.1) is 6.42 Å². The number of anilines is 2. The highest BCUT2D eigenvalue weighted by Gasteiger charge is 2.04. The van der Waals surface area contributed by atoms with Gasteiger partial charge in [-0.2, -0.15) is 0 Å². The smallest absolute Gasteiger partial charge is 0.224 e. The van der Waals surface area contributed by atoms with Gasteiger partial charge in [0.2, 0.25) is 5.91 Å². The number of nitrogens with two attached hydrogens (primary N) is 1. The standard InChI is InChI=1S/C18H23N3O/c1-21(17-6-3-2-4-7-17)13-5-12-20-18(22)14-15-8-10-16(19)11-9-15/h2-4,6-11H,5,12-14,19H2,1H3,(H,20,22). The van der Waals surface area contributed by atoms with E-state index in [2.05, 4.69) is 29.4 Å². The summed E-state index contributed by atoms with van der Waals surface area (Å²) in [4.78, 5) is 14.0. The third-order valence-electron chi connectivity index (χ3n) is 3.53. The van der Waals surface area contributed by atoms with Crippen molar-refractivity contribution in [3.63, 3.8) is 0 Å². The average molecular weight is 297 g/mol. The Hall–Kier alpha value is -2.49. The molecule has 0 radical (unpaired) electrons. The van der Waals surface area contributed by atoms with Gasteiger partial charge in [0.1, 0.15) is 0 Å². The van der Waals surface area contributed by atoms with Crippen LogP contribution in [0.2, 0.25) is 0 Å². The number of carbonyl (C=O) groups is 1. The molecule has 1 amide bonds. The fourth-order valence-electron chi connectivity index (χ4n) is 2.24. The number of nitrogens with one attached hydrogen (secondary N) is 1. The summed E-state index contributed by atoms with van der Waals surface area (Å²) in [7, 11) is 2.06. The molecule has 22 heavy (non-hydrogen) atoms. The summed E-state index contributed by atoms with van der Waals surface area (Å²) >= 11 is 0. The molecular weight excluding hydrogens is 274 g/mol. The van der Waals surface area contributed by atoms with Crippen LogP contribution in [0.15, 0.2) is 54.6 Å². The van der Waals surface area contributed by atoms with Crippen molar-refractivity contribution in [3.05, 3.63) is 60.2 Å². The van der Waals surface area contributed by atoms with Crippen molar-refractivity contribution >= 4 is 17.3 Å². The molecule has 0 aliphatic carbocycles. The summed E-state index contributed by atoms with van der Waals surface area (Å²) in [5.74, 6) is 0.0483. The zero-order chi connectivity index (χ0) is 15.8. The zero-order valence-electron chi connectivity index (χ0n) is 13.0. The fraction of sp³-hybridized carbons (Fsp3) is 0.278. The summed E-state index contributed by atoms with van der Waals surface area (Å²) in [6.45, 7) is 1.59. The molecule has 0 bridgehead atoms. The van der Waals surface area contributed by atoms with Crippen molar-refractivity contribution in [3.8, 4) is 0 Å². The van der Waals surface area contributed by atoms with Gasteiger partial charge in [0.25, 0.3) is 0 Å². The van der Waals surface area contributed by atoms with Gasteiger partial charge in [-0.25, -0.2) is 0 Å². The molecule has 116 valence electrons. The number of carbonyl (C=O) groups excluding carboxylic acids is 1. The molecule has 0 saturated heterocycles. The predicted molar refractivity (Wildman–Crippen MR) is 91.9 cm³/mol. The van der Waals surface area contributed by atoms with E-state index in [1.807, 2.05) is 42.5 Å². The minimum absolute atomic E-state index is 0.0483. The summed E-state index contributed by atoms with van der Waals surface area (Å²) in [6.07, 6.45) is 1.31. The summed E-state index contributed by atoms with van der Waals surface area (Å²) in [5, 5.41) is 2.96. The Labute approximate surface area is 131 Å². The first kappa shape index (κ1) is 15.9. The SMILES string of the molecule is CN(CCCNC(=O)Cc1ccc(N)cc1)c1ccccc1. The molecule has 4 heteroatoms. The number of rotatable bonds is 7. The largest absolute Gasteiger partial charge is 0.399 e. The van der Waals surface area contributed by atoms with E-state index in [0.717, 1.165) is 18.5 Å². The van der Waals surface area contributed by atoms with Crippen LogP contribution in [0, 0.1) is 0 Å². The third kappa shape index (κ3) is 5.13. The van der Waals surface area contributed by atoms with Crippen molar-refractivity contribution in [2.24, 2.45) is 0 Å². The Bertz CT molecular complexity index is 581. The molecule has 0 heterocycles. The van der Waals surface area contributed by atoms with Gasteiger partial charge in [-0.3, -0.25) is 4.79 Å². The molecule has 0 fully saturated rings. The second-order valence-electron chi connectivity index (χ2n) is 5.38. The maximum Gasteiger partial charge on any atom is 0.224 e. The van der Waals surface area contributed by atoms with Crippen LogP contribution < -0.4 is 16.0 Å². The molecule has 0 spiro atoms. The van der Waals surface area contributed by atoms with Gasteiger partial charge in [-0.1, -0.05) is 30.3 Å². The Morgan fingerprint density at radius 3 is 2.45 bits per heavy atom. The monoisotopic (exact) mass is 297 g/mol. The Morgan fingerprint density at radius 2 is 1.77 bits per heavy atom. The van der Waals surface area contributed by atoms with Gasteiger partial charge in [0.15, 0.2) is 0 Å². The number of para-hydroxylation sites is 1. The fourth-order valence-corrected chi connectivity index (χ4v) is 2.24. The number of hydrogen-bond donors (Lipinski definition) is 2. The predicted octanol–water partition coefficient (Wildman–Crippen LogP) is 2.45. The Kier molecular flexibility index (Phi) is 5.83. The number of benzene rings is 2. The van der Waals surface area contributed by atoms with Gasteiger partial charge < -0.3 is 16.0 Å². The molecule has 0 aromatic heterocycles. The maximum atomic E-state index is 11.9. The van der Waals surface area contributed by atoms with E-state index in [0.29, 0.717) is 18.7 Å². The lowest BCUT2D eigenvalue weighted by molar-refractivity contribution is -0.120. The van der Waals surface area contributed by atoms with Gasteiger partial charge >= 0.3 is 0 Å². The lowest BCUT2D eigenvalue weighted by atomic mass is 10.1. The van der Waals surface area contributed by atoms with Crippen LogP contribution >= 0.6 is 0 Å². The number of hydrogen-bond acceptors (Lipinski definition) is 3. The van der Waals surface area contributed by atoms with Gasteiger partial charge in [0, 0.05) is 31.5 Å². The molecule has 0 aliphatic rings. The second-order valence-corrected chi connectivity index (χ2v) is 5.38. The van der Waals surface area contributed by atoms with Crippen LogP contribution in [-0.4, -0.2) is 26.0 Å². The van der Waals surface area contributed by atoms with Crippen LogP contribution in [-0.2, 0) is 11.2 Å². The molecule has 0 aliphatic heterocycles. The van der Waals surface area contributed by atoms with Crippen molar-refractivity contribution in [2.75, 3.05) is 30.8 Å².